The van der Waals surface area contributed by atoms with Crippen molar-refractivity contribution in [2.75, 3.05) is 0 Å². The van der Waals surface area contributed by atoms with Gasteiger partial charge in [0.1, 0.15) is 0 Å². The average Bonchev–Trinajstić information content (AvgIpc) is 3.35. The zero-order chi connectivity index (χ0) is 24.9. The molecule has 4 nitrogen and oxygen atoms in total. The highest BCUT2D eigenvalue weighted by molar-refractivity contribution is 7.26. The van der Waals surface area contributed by atoms with Gasteiger partial charge in [0.25, 0.3) is 0 Å². The second-order valence-electron chi connectivity index (χ2n) is 8.84. The molecule has 0 fully saturated rings. The molecule has 5 heteroatoms. The molecule has 0 N–H and O–H groups in total. The molecular weight excluding hydrogens is 472 g/mol. The summed E-state index contributed by atoms with van der Waals surface area (Å²) >= 11 is 1.75. The van der Waals surface area contributed by atoms with Crippen LogP contribution in [0.1, 0.15) is 5.56 Å². The predicted molar refractivity (Wildman–Crippen MR) is 152 cm³/mol. The van der Waals surface area contributed by atoms with Gasteiger partial charge in [-0.15, -0.1) is 11.3 Å². The smallest absolute Gasteiger partial charge is 0.190 e. The topological polar surface area (TPSA) is 53.9 Å². The van der Waals surface area contributed by atoms with E-state index >= 15 is 0 Å². The van der Waals surface area contributed by atoms with Gasteiger partial charge >= 0.3 is 0 Å². The SMILES string of the molecule is [C-]#[N+]c1ccnc(-c2cc3sc4cc(-c5cc(C#N)ccn5)c5ccccc5c4c3c3ccccc23)c1. The minimum Gasteiger partial charge on any atom is -0.259 e. The van der Waals surface area contributed by atoms with Crippen LogP contribution in [0.15, 0.2) is 97.3 Å². The van der Waals surface area contributed by atoms with E-state index in [0.717, 1.165) is 43.4 Å². The normalized spacial score (nSPS) is 11.2. The van der Waals surface area contributed by atoms with E-state index < -0.39 is 0 Å². The van der Waals surface area contributed by atoms with Gasteiger partial charge in [0.05, 0.1) is 29.6 Å². The highest BCUT2D eigenvalue weighted by atomic mass is 32.1. The number of pyridine rings is 2. The quantitative estimate of drug-likeness (QED) is 0.228. The minimum atomic E-state index is 0.577. The van der Waals surface area contributed by atoms with Gasteiger partial charge in [-0.1, -0.05) is 48.5 Å². The van der Waals surface area contributed by atoms with Crippen LogP contribution in [0.25, 0.3) is 69.1 Å². The van der Waals surface area contributed by atoms with E-state index in [1.807, 2.05) is 18.2 Å². The molecule has 0 aliphatic carbocycles. The van der Waals surface area contributed by atoms with Gasteiger partial charge in [-0.25, -0.2) is 4.85 Å². The first-order valence-corrected chi connectivity index (χ1v) is 12.6. The Kier molecular flexibility index (Phi) is 4.72. The van der Waals surface area contributed by atoms with Crippen molar-refractivity contribution in [3.8, 4) is 28.6 Å². The molecule has 4 aromatic carbocycles. The first-order valence-electron chi connectivity index (χ1n) is 11.8. The second-order valence-corrected chi connectivity index (χ2v) is 9.92. The van der Waals surface area contributed by atoms with Gasteiger partial charge in [0.15, 0.2) is 5.69 Å². The maximum absolute atomic E-state index is 9.45. The van der Waals surface area contributed by atoms with Crippen molar-refractivity contribution in [3.05, 3.63) is 114 Å². The van der Waals surface area contributed by atoms with Crippen LogP contribution in [0.4, 0.5) is 5.69 Å². The highest BCUT2D eigenvalue weighted by Gasteiger charge is 2.18. The number of rotatable bonds is 2. The zero-order valence-corrected chi connectivity index (χ0v) is 20.3. The number of aromatic nitrogens is 2. The number of thiophene rings is 1. The Balaban J connectivity index is 1.62. The van der Waals surface area contributed by atoms with E-state index in [2.05, 4.69) is 75.5 Å². The fourth-order valence-electron chi connectivity index (χ4n) is 5.20. The molecule has 37 heavy (non-hydrogen) atoms. The Hall–Kier alpha value is -5.10. The maximum Gasteiger partial charge on any atom is 0.190 e. The van der Waals surface area contributed by atoms with Gasteiger partial charge in [-0.05, 0) is 57.9 Å². The molecule has 7 aromatic rings. The molecule has 0 atom stereocenters. The first kappa shape index (κ1) is 21.2. The van der Waals surface area contributed by atoms with Crippen LogP contribution in [0, 0.1) is 17.9 Å². The standard InChI is InChI=1S/C32H16N4S/c1-34-20-11-13-36-28(15-20)26-17-30-32(24-9-5-3-7-22(24)26)31-23-8-4-2-6-21(23)25(16-29(31)37-30)27-14-19(18-33)10-12-35-27/h2-17H. The van der Waals surface area contributed by atoms with E-state index in [1.54, 1.807) is 35.9 Å². The van der Waals surface area contributed by atoms with Crippen LogP contribution < -0.4 is 0 Å². The lowest BCUT2D eigenvalue weighted by molar-refractivity contribution is 1.32. The van der Waals surface area contributed by atoms with Gasteiger partial charge < -0.3 is 0 Å². The number of benzene rings is 4. The second kappa shape index (κ2) is 8.24. The van der Waals surface area contributed by atoms with E-state index in [0.29, 0.717) is 11.3 Å². The van der Waals surface area contributed by atoms with Gasteiger partial charge in [0, 0.05) is 43.7 Å². The van der Waals surface area contributed by atoms with E-state index in [1.165, 1.54) is 20.9 Å². The third-order valence-electron chi connectivity index (χ3n) is 6.80. The summed E-state index contributed by atoms with van der Waals surface area (Å²) in [5.41, 5.74) is 4.80. The van der Waals surface area contributed by atoms with Crippen LogP contribution in [-0.2, 0) is 0 Å². The largest absolute Gasteiger partial charge is 0.259 e. The van der Waals surface area contributed by atoms with E-state index in [-0.39, 0.29) is 0 Å². The maximum atomic E-state index is 9.45. The molecule has 0 amide bonds. The monoisotopic (exact) mass is 488 g/mol. The summed E-state index contributed by atoms with van der Waals surface area (Å²) in [5.74, 6) is 0. The lowest BCUT2D eigenvalue weighted by Crippen LogP contribution is -1.88. The summed E-state index contributed by atoms with van der Waals surface area (Å²) in [5, 5.41) is 16.4. The molecule has 0 aliphatic rings. The minimum absolute atomic E-state index is 0.577. The zero-order valence-electron chi connectivity index (χ0n) is 19.4. The van der Waals surface area contributed by atoms with Crippen molar-refractivity contribution >= 4 is 58.7 Å². The summed E-state index contributed by atoms with van der Waals surface area (Å²) < 4.78 is 2.33. The van der Waals surface area contributed by atoms with Crippen LogP contribution >= 0.6 is 11.3 Å². The highest BCUT2D eigenvalue weighted by Crippen LogP contribution is 2.47. The van der Waals surface area contributed by atoms with Crippen LogP contribution in [0.2, 0.25) is 0 Å². The third-order valence-corrected chi connectivity index (χ3v) is 7.88. The number of hydrogen-bond donors (Lipinski definition) is 0. The van der Waals surface area contributed by atoms with Crippen molar-refractivity contribution in [2.45, 2.75) is 0 Å². The van der Waals surface area contributed by atoms with E-state index in [4.69, 9.17) is 6.57 Å². The summed E-state index contributed by atoms with van der Waals surface area (Å²) in [4.78, 5) is 12.8. The summed E-state index contributed by atoms with van der Waals surface area (Å²) in [6.45, 7) is 7.44. The van der Waals surface area contributed by atoms with Crippen molar-refractivity contribution in [1.82, 2.24) is 9.97 Å². The van der Waals surface area contributed by atoms with Crippen LogP contribution in [0.5, 0.6) is 0 Å². The van der Waals surface area contributed by atoms with Crippen molar-refractivity contribution in [1.29, 1.82) is 5.26 Å². The molecule has 0 spiro atoms. The molecule has 0 aliphatic heterocycles. The van der Waals surface area contributed by atoms with Crippen molar-refractivity contribution in [3.63, 3.8) is 0 Å². The van der Waals surface area contributed by atoms with E-state index in [9.17, 15) is 5.26 Å². The Morgan fingerprint density at radius 2 is 1.22 bits per heavy atom. The molecule has 0 saturated carbocycles. The number of nitriles is 1. The van der Waals surface area contributed by atoms with Gasteiger partial charge in [0.2, 0.25) is 0 Å². The van der Waals surface area contributed by atoms with Crippen molar-refractivity contribution < 1.29 is 0 Å². The molecule has 7 rings (SSSR count). The predicted octanol–water partition coefficient (Wildman–Crippen LogP) is 8.91. The number of nitrogens with zero attached hydrogens (tertiary/aromatic N) is 4. The fraction of sp³-hybridized carbons (Fsp3) is 0. The Morgan fingerprint density at radius 1 is 0.676 bits per heavy atom. The van der Waals surface area contributed by atoms with Crippen LogP contribution in [0.3, 0.4) is 0 Å². The third kappa shape index (κ3) is 3.27. The molecule has 3 aromatic heterocycles. The Bertz CT molecular complexity index is 1970. The van der Waals surface area contributed by atoms with Gasteiger partial charge in [-0.3, -0.25) is 9.97 Å². The molecule has 0 bridgehead atoms. The Morgan fingerprint density at radius 3 is 1.78 bits per heavy atom. The summed E-state index contributed by atoms with van der Waals surface area (Å²) in [7, 11) is 0. The fourth-order valence-corrected chi connectivity index (χ4v) is 6.42. The average molecular weight is 489 g/mol. The lowest BCUT2D eigenvalue weighted by atomic mass is 9.93. The van der Waals surface area contributed by atoms with Crippen LogP contribution in [-0.4, -0.2) is 9.97 Å². The summed E-state index contributed by atoms with van der Waals surface area (Å²) in [6.07, 6.45) is 3.40. The molecular formula is C32H16N4S. The number of hydrogen-bond acceptors (Lipinski definition) is 4. The number of fused-ring (bicyclic) bond motifs is 7. The first-order chi connectivity index (χ1) is 18.2. The summed E-state index contributed by atoms with van der Waals surface area (Å²) in [6, 6.07) is 30.7. The molecule has 0 radical (unpaired) electrons. The molecule has 3 heterocycles. The van der Waals surface area contributed by atoms with Gasteiger partial charge in [-0.2, -0.15) is 5.26 Å². The molecule has 0 saturated heterocycles. The molecule has 0 unspecified atom stereocenters. The lowest BCUT2D eigenvalue weighted by Gasteiger charge is -2.11. The Labute approximate surface area is 216 Å². The molecule has 170 valence electrons. The van der Waals surface area contributed by atoms with Crippen molar-refractivity contribution in [2.24, 2.45) is 0 Å².